The average Bonchev–Trinajstić information content (AvgIpc) is 3.12. The molecule has 0 saturated heterocycles. The lowest BCUT2D eigenvalue weighted by Crippen LogP contribution is -1.99. The van der Waals surface area contributed by atoms with E-state index in [4.69, 9.17) is 16.3 Å². The van der Waals surface area contributed by atoms with Gasteiger partial charge in [-0.3, -0.25) is 0 Å². The van der Waals surface area contributed by atoms with Gasteiger partial charge in [0.15, 0.2) is 0 Å². The molecule has 4 rings (SSSR count). The van der Waals surface area contributed by atoms with Gasteiger partial charge in [0.05, 0.1) is 18.2 Å². The molecule has 0 atom stereocenters. The molecule has 0 saturated carbocycles. The molecule has 28 heavy (non-hydrogen) atoms. The van der Waals surface area contributed by atoms with Crippen LogP contribution in [0, 0.1) is 20.8 Å². The summed E-state index contributed by atoms with van der Waals surface area (Å²) in [7, 11) is 1.63. The van der Waals surface area contributed by atoms with Crippen LogP contribution in [-0.2, 0) is 0 Å². The Hall–Kier alpha value is -2.63. The van der Waals surface area contributed by atoms with E-state index in [2.05, 4.69) is 52.7 Å². The maximum Gasteiger partial charge on any atom is 0.143 e. The second-order valence-corrected chi connectivity index (χ2v) is 8.04. The Labute approximate surface area is 173 Å². The minimum atomic E-state index is 0.668. The van der Waals surface area contributed by atoms with Crippen LogP contribution in [0.1, 0.15) is 16.7 Å². The predicted molar refractivity (Wildman–Crippen MR) is 118 cm³/mol. The minimum absolute atomic E-state index is 0.668. The van der Waals surface area contributed by atoms with E-state index in [1.807, 2.05) is 19.1 Å². The van der Waals surface area contributed by atoms with Gasteiger partial charge in [-0.25, -0.2) is 9.97 Å². The summed E-state index contributed by atoms with van der Waals surface area (Å²) in [5.41, 5.74) is 6.61. The molecule has 2 aromatic carbocycles. The summed E-state index contributed by atoms with van der Waals surface area (Å²) in [6.45, 7) is 6.22. The highest BCUT2D eigenvalue weighted by Gasteiger charge is 2.16. The van der Waals surface area contributed by atoms with Crippen LogP contribution in [0.5, 0.6) is 5.75 Å². The van der Waals surface area contributed by atoms with Gasteiger partial charge in [0.2, 0.25) is 0 Å². The Balaban J connectivity index is 1.86. The molecule has 0 aliphatic rings. The average molecular weight is 410 g/mol. The lowest BCUT2D eigenvalue weighted by molar-refractivity contribution is 0.416. The van der Waals surface area contributed by atoms with E-state index in [0.717, 1.165) is 38.4 Å². The Bertz CT molecular complexity index is 1190. The van der Waals surface area contributed by atoms with Crippen LogP contribution >= 0.6 is 22.9 Å². The van der Waals surface area contributed by atoms with Gasteiger partial charge in [0, 0.05) is 22.0 Å². The second kappa shape index (κ2) is 7.41. The van der Waals surface area contributed by atoms with Crippen molar-refractivity contribution in [2.24, 2.45) is 0 Å². The van der Waals surface area contributed by atoms with E-state index in [0.29, 0.717) is 10.8 Å². The number of hydrogen-bond acceptors (Lipinski definition) is 5. The number of methoxy groups -OCH3 is 1. The van der Waals surface area contributed by atoms with E-state index in [1.54, 1.807) is 24.8 Å². The molecule has 1 N–H and O–H groups in total. The number of aryl methyl sites for hydroxylation is 3. The third-order valence-corrected chi connectivity index (χ3v) is 6.22. The smallest absolute Gasteiger partial charge is 0.143 e. The Morgan fingerprint density at radius 3 is 2.57 bits per heavy atom. The van der Waals surface area contributed by atoms with E-state index < -0.39 is 0 Å². The van der Waals surface area contributed by atoms with E-state index in [1.165, 1.54) is 11.1 Å². The number of halogens is 1. The van der Waals surface area contributed by atoms with Crippen LogP contribution in [0.25, 0.3) is 21.3 Å². The molecule has 2 heterocycles. The van der Waals surface area contributed by atoms with Crippen LogP contribution in [0.3, 0.4) is 0 Å². The van der Waals surface area contributed by atoms with E-state index in [9.17, 15) is 0 Å². The molecule has 4 nitrogen and oxygen atoms in total. The number of hydrogen-bond donors (Lipinski definition) is 1. The fraction of sp³-hybridized carbons (Fsp3) is 0.182. The summed E-state index contributed by atoms with van der Waals surface area (Å²) in [5.74, 6) is 1.42. The first-order valence-electron chi connectivity index (χ1n) is 8.89. The van der Waals surface area contributed by atoms with Crippen LogP contribution in [0.2, 0.25) is 5.02 Å². The summed E-state index contributed by atoms with van der Waals surface area (Å²) < 4.78 is 5.50. The van der Waals surface area contributed by atoms with Crippen molar-refractivity contribution >= 4 is 44.7 Å². The molecular weight excluding hydrogens is 390 g/mol. The second-order valence-electron chi connectivity index (χ2n) is 6.78. The first-order chi connectivity index (χ1) is 13.5. The van der Waals surface area contributed by atoms with Crippen molar-refractivity contribution < 1.29 is 4.74 Å². The van der Waals surface area contributed by atoms with E-state index >= 15 is 0 Å². The summed E-state index contributed by atoms with van der Waals surface area (Å²) in [6, 6.07) is 10.3. The summed E-state index contributed by atoms with van der Waals surface area (Å²) in [5, 5.41) is 7.24. The fourth-order valence-corrected chi connectivity index (χ4v) is 4.22. The Morgan fingerprint density at radius 1 is 1.00 bits per heavy atom. The van der Waals surface area contributed by atoms with Crippen molar-refractivity contribution in [1.29, 1.82) is 0 Å². The molecule has 0 bridgehead atoms. The molecule has 4 aromatic rings. The van der Waals surface area contributed by atoms with Gasteiger partial charge in [0.25, 0.3) is 0 Å². The monoisotopic (exact) mass is 409 g/mol. The third kappa shape index (κ3) is 3.32. The fourth-order valence-electron chi connectivity index (χ4n) is 3.15. The number of fused-ring (bicyclic) bond motifs is 1. The van der Waals surface area contributed by atoms with Crippen molar-refractivity contribution in [3.05, 3.63) is 63.8 Å². The molecule has 0 amide bonds. The lowest BCUT2D eigenvalue weighted by Gasteiger charge is -2.14. The summed E-state index contributed by atoms with van der Waals surface area (Å²) >= 11 is 7.86. The zero-order valence-corrected chi connectivity index (χ0v) is 17.7. The standard InChI is InChI=1S/C22H20ClN3OS/c1-12-5-6-15(7-13(12)2)16-10-28-22-20(16)21(24-11-25-22)26-18-8-14(3)17(23)9-19(18)27-4/h5-11H,1-4H3,(H,24,25,26). The largest absolute Gasteiger partial charge is 0.495 e. The highest BCUT2D eigenvalue weighted by molar-refractivity contribution is 7.17. The van der Waals surface area contributed by atoms with Crippen molar-refractivity contribution in [2.75, 3.05) is 12.4 Å². The zero-order chi connectivity index (χ0) is 19.8. The molecule has 0 spiro atoms. The number of ether oxygens (including phenoxy) is 1. The predicted octanol–water partition coefficient (Wildman–Crippen LogP) is 6.69. The van der Waals surface area contributed by atoms with Gasteiger partial charge in [0.1, 0.15) is 22.7 Å². The number of anilines is 2. The van der Waals surface area contributed by atoms with Crippen molar-refractivity contribution in [2.45, 2.75) is 20.8 Å². The normalized spacial score (nSPS) is 11.0. The first kappa shape index (κ1) is 18.7. The number of nitrogens with zero attached hydrogens (tertiary/aromatic N) is 2. The van der Waals surface area contributed by atoms with Gasteiger partial charge < -0.3 is 10.1 Å². The topological polar surface area (TPSA) is 47.0 Å². The van der Waals surface area contributed by atoms with Crippen LogP contribution in [0.15, 0.2) is 42.0 Å². The molecule has 2 aromatic heterocycles. The first-order valence-corrected chi connectivity index (χ1v) is 10.1. The maximum absolute atomic E-state index is 6.25. The van der Waals surface area contributed by atoms with Crippen LogP contribution in [-0.4, -0.2) is 17.1 Å². The number of rotatable bonds is 4. The lowest BCUT2D eigenvalue weighted by atomic mass is 10.0. The highest BCUT2D eigenvalue weighted by Crippen LogP contribution is 2.40. The molecular formula is C22H20ClN3OS. The van der Waals surface area contributed by atoms with Crippen molar-refractivity contribution in [3.63, 3.8) is 0 Å². The van der Waals surface area contributed by atoms with Gasteiger partial charge in [-0.2, -0.15) is 0 Å². The Kier molecular flexibility index (Phi) is 4.96. The minimum Gasteiger partial charge on any atom is -0.495 e. The Morgan fingerprint density at radius 2 is 1.82 bits per heavy atom. The third-order valence-electron chi connectivity index (χ3n) is 4.92. The molecule has 0 fully saturated rings. The van der Waals surface area contributed by atoms with Crippen molar-refractivity contribution in [1.82, 2.24) is 9.97 Å². The molecule has 0 aliphatic carbocycles. The van der Waals surface area contributed by atoms with Crippen LogP contribution < -0.4 is 10.1 Å². The number of aromatic nitrogens is 2. The number of benzene rings is 2. The highest BCUT2D eigenvalue weighted by atomic mass is 35.5. The van der Waals surface area contributed by atoms with Gasteiger partial charge in [-0.15, -0.1) is 11.3 Å². The van der Waals surface area contributed by atoms with Crippen molar-refractivity contribution in [3.8, 4) is 16.9 Å². The van der Waals surface area contributed by atoms with Gasteiger partial charge >= 0.3 is 0 Å². The molecule has 0 aliphatic heterocycles. The van der Waals surface area contributed by atoms with Gasteiger partial charge in [-0.1, -0.05) is 29.8 Å². The molecule has 6 heteroatoms. The quantitative estimate of drug-likeness (QED) is 0.408. The van der Waals surface area contributed by atoms with E-state index in [-0.39, 0.29) is 0 Å². The SMILES string of the molecule is COc1cc(Cl)c(C)cc1Nc1ncnc2scc(-c3ccc(C)c(C)c3)c12. The summed E-state index contributed by atoms with van der Waals surface area (Å²) in [4.78, 5) is 9.92. The van der Waals surface area contributed by atoms with Gasteiger partial charge in [-0.05, 0) is 49.1 Å². The number of nitrogens with one attached hydrogen (secondary N) is 1. The molecule has 142 valence electrons. The maximum atomic E-state index is 6.25. The number of thiophene rings is 1. The summed E-state index contributed by atoms with van der Waals surface area (Å²) in [6.07, 6.45) is 1.58. The molecule has 0 radical (unpaired) electrons. The molecule has 0 unspecified atom stereocenters. The van der Waals surface area contributed by atoms with Crippen LogP contribution in [0.4, 0.5) is 11.5 Å². The zero-order valence-electron chi connectivity index (χ0n) is 16.1.